The van der Waals surface area contributed by atoms with Gasteiger partial charge in [-0.15, -0.1) is 0 Å². The third-order valence-electron chi connectivity index (χ3n) is 2.44. The summed E-state index contributed by atoms with van der Waals surface area (Å²) in [6.07, 6.45) is -0.207. The minimum atomic E-state index is -1.18. The first kappa shape index (κ1) is 13.2. The normalized spacial score (nSPS) is 11.9. The molecule has 1 aromatic carbocycles. The number of aliphatic carboxylic acids is 1. The highest BCUT2D eigenvalue weighted by atomic mass is 16.5. The number of carbonyl (C=O) groups is 2. The van der Waals surface area contributed by atoms with E-state index in [4.69, 9.17) is 15.6 Å². The first-order valence-corrected chi connectivity index (χ1v) is 5.12. The van der Waals surface area contributed by atoms with Crippen LogP contribution in [0.2, 0.25) is 0 Å². The molecular formula is C12H15NO4. The zero-order valence-electron chi connectivity index (χ0n) is 9.77. The third kappa shape index (κ3) is 3.29. The summed E-state index contributed by atoms with van der Waals surface area (Å²) in [4.78, 5) is 22.3. The van der Waals surface area contributed by atoms with E-state index in [1.54, 1.807) is 25.3 Å². The van der Waals surface area contributed by atoms with E-state index in [1.807, 2.05) is 6.92 Å². The van der Waals surface area contributed by atoms with Gasteiger partial charge in [0, 0.05) is 12.0 Å². The first-order valence-electron chi connectivity index (χ1n) is 5.12. The molecule has 3 N–H and O–H groups in total. The molecule has 0 bridgehead atoms. The van der Waals surface area contributed by atoms with Crippen molar-refractivity contribution in [1.82, 2.24) is 0 Å². The van der Waals surface area contributed by atoms with Gasteiger partial charge in [0.1, 0.15) is 11.8 Å². The molecule has 0 saturated carbocycles. The van der Waals surface area contributed by atoms with Crippen molar-refractivity contribution in [2.24, 2.45) is 5.73 Å². The number of ketones is 1. The fourth-order valence-corrected chi connectivity index (χ4v) is 1.46. The number of benzene rings is 1. The van der Waals surface area contributed by atoms with Crippen molar-refractivity contribution in [2.45, 2.75) is 19.4 Å². The Morgan fingerprint density at radius 2 is 2.12 bits per heavy atom. The zero-order chi connectivity index (χ0) is 13.0. The lowest BCUT2D eigenvalue weighted by molar-refractivity contribution is -0.138. The Morgan fingerprint density at radius 1 is 1.47 bits per heavy atom. The quantitative estimate of drug-likeness (QED) is 0.745. The molecule has 0 radical (unpaired) electrons. The van der Waals surface area contributed by atoms with E-state index < -0.39 is 12.0 Å². The number of hydrogen-bond donors (Lipinski definition) is 2. The molecule has 0 aliphatic heterocycles. The highest BCUT2D eigenvalue weighted by Gasteiger charge is 2.17. The molecule has 0 saturated heterocycles. The SMILES string of the molecule is COc1ccc(C(=O)CC(N)C(=O)O)cc1C. The zero-order valence-corrected chi connectivity index (χ0v) is 9.77. The van der Waals surface area contributed by atoms with Gasteiger partial charge in [-0.2, -0.15) is 0 Å². The van der Waals surface area contributed by atoms with Gasteiger partial charge in [0.15, 0.2) is 5.78 Å². The molecule has 0 amide bonds. The molecule has 1 atom stereocenters. The average molecular weight is 237 g/mol. The summed E-state index contributed by atoms with van der Waals surface area (Å²) in [7, 11) is 1.55. The predicted molar refractivity (Wildman–Crippen MR) is 62.3 cm³/mol. The van der Waals surface area contributed by atoms with Crippen LogP contribution in [0.4, 0.5) is 0 Å². The van der Waals surface area contributed by atoms with Gasteiger partial charge < -0.3 is 15.6 Å². The van der Waals surface area contributed by atoms with Gasteiger partial charge in [-0.25, -0.2) is 0 Å². The van der Waals surface area contributed by atoms with Gasteiger partial charge in [0.25, 0.3) is 0 Å². The maximum Gasteiger partial charge on any atom is 0.320 e. The van der Waals surface area contributed by atoms with E-state index in [-0.39, 0.29) is 12.2 Å². The number of aryl methyl sites for hydroxylation is 1. The second-order valence-corrected chi connectivity index (χ2v) is 3.76. The summed E-state index contributed by atoms with van der Waals surface area (Å²) in [6.45, 7) is 1.81. The second kappa shape index (κ2) is 5.45. The average Bonchev–Trinajstić information content (AvgIpc) is 2.28. The van der Waals surface area contributed by atoms with Gasteiger partial charge in [-0.1, -0.05) is 0 Å². The van der Waals surface area contributed by atoms with Crippen molar-refractivity contribution in [3.8, 4) is 5.75 Å². The molecule has 0 spiro atoms. The number of ether oxygens (including phenoxy) is 1. The Bertz CT molecular complexity index is 442. The Labute approximate surface area is 99.2 Å². The molecule has 0 aromatic heterocycles. The van der Waals surface area contributed by atoms with Gasteiger partial charge in [-0.05, 0) is 30.7 Å². The highest BCUT2D eigenvalue weighted by molar-refractivity contribution is 5.98. The number of carboxylic acid groups (broad SMARTS) is 1. The molecule has 1 rings (SSSR count). The maximum absolute atomic E-state index is 11.7. The van der Waals surface area contributed by atoms with Gasteiger partial charge in [0.2, 0.25) is 0 Å². The van der Waals surface area contributed by atoms with Crippen molar-refractivity contribution >= 4 is 11.8 Å². The summed E-state index contributed by atoms with van der Waals surface area (Å²) >= 11 is 0. The standard InChI is InChI=1S/C12H15NO4/c1-7-5-8(3-4-11(7)17-2)10(14)6-9(13)12(15)16/h3-5,9H,6,13H2,1-2H3,(H,15,16). The van der Waals surface area contributed by atoms with Crippen molar-refractivity contribution in [3.05, 3.63) is 29.3 Å². The second-order valence-electron chi connectivity index (χ2n) is 3.76. The maximum atomic E-state index is 11.7. The molecule has 92 valence electrons. The van der Waals surface area contributed by atoms with Crippen LogP contribution in [0.15, 0.2) is 18.2 Å². The Kier molecular flexibility index (Phi) is 4.23. The predicted octanol–water partition coefficient (Wildman–Crippen LogP) is 0.988. The number of Topliss-reactive ketones (excluding diaryl/α,β-unsaturated/α-hetero) is 1. The Morgan fingerprint density at radius 3 is 2.59 bits per heavy atom. The van der Waals surface area contributed by atoms with E-state index in [0.717, 1.165) is 5.56 Å². The molecule has 1 aromatic rings. The number of rotatable bonds is 5. The van der Waals surface area contributed by atoms with Crippen LogP contribution in [0.25, 0.3) is 0 Å². The number of carbonyl (C=O) groups excluding carboxylic acids is 1. The van der Waals surface area contributed by atoms with Gasteiger partial charge >= 0.3 is 5.97 Å². The number of methoxy groups -OCH3 is 1. The van der Waals surface area contributed by atoms with E-state index >= 15 is 0 Å². The molecule has 0 aliphatic carbocycles. The lowest BCUT2D eigenvalue weighted by atomic mass is 10.0. The van der Waals surface area contributed by atoms with Crippen molar-refractivity contribution < 1.29 is 19.4 Å². The van der Waals surface area contributed by atoms with Crippen LogP contribution in [-0.2, 0) is 4.79 Å². The Balaban J connectivity index is 2.83. The summed E-state index contributed by atoms with van der Waals surface area (Å²) < 4.78 is 5.07. The third-order valence-corrected chi connectivity index (χ3v) is 2.44. The lowest BCUT2D eigenvalue weighted by Crippen LogP contribution is -2.32. The largest absolute Gasteiger partial charge is 0.496 e. The van der Waals surface area contributed by atoms with Crippen molar-refractivity contribution in [1.29, 1.82) is 0 Å². The number of hydrogen-bond acceptors (Lipinski definition) is 4. The van der Waals surface area contributed by atoms with Crippen molar-refractivity contribution in [2.75, 3.05) is 7.11 Å². The van der Waals surface area contributed by atoms with Crippen LogP contribution in [0.3, 0.4) is 0 Å². The molecule has 5 heteroatoms. The first-order chi connectivity index (χ1) is 7.95. The van der Waals surface area contributed by atoms with Crippen molar-refractivity contribution in [3.63, 3.8) is 0 Å². The van der Waals surface area contributed by atoms with Gasteiger partial charge in [0.05, 0.1) is 7.11 Å². The van der Waals surface area contributed by atoms with Crippen LogP contribution in [0.5, 0.6) is 5.75 Å². The summed E-state index contributed by atoms with van der Waals surface area (Å²) in [6, 6.07) is 3.78. The molecular weight excluding hydrogens is 222 g/mol. The number of carboxylic acids is 1. The number of nitrogens with two attached hydrogens (primary N) is 1. The van der Waals surface area contributed by atoms with Crippen LogP contribution < -0.4 is 10.5 Å². The minimum Gasteiger partial charge on any atom is -0.496 e. The van der Waals surface area contributed by atoms with Crippen LogP contribution in [-0.4, -0.2) is 30.0 Å². The van der Waals surface area contributed by atoms with Gasteiger partial charge in [-0.3, -0.25) is 9.59 Å². The summed E-state index contributed by atoms with van der Waals surface area (Å²) in [5.74, 6) is -0.779. The molecule has 0 heterocycles. The molecule has 0 fully saturated rings. The van der Waals surface area contributed by atoms with Crippen LogP contribution in [0.1, 0.15) is 22.3 Å². The lowest BCUT2D eigenvalue weighted by Gasteiger charge is -2.08. The molecule has 17 heavy (non-hydrogen) atoms. The summed E-state index contributed by atoms with van der Waals surface area (Å²) in [5, 5.41) is 8.62. The van der Waals surface area contributed by atoms with E-state index in [2.05, 4.69) is 0 Å². The van der Waals surface area contributed by atoms with E-state index in [1.165, 1.54) is 0 Å². The fraction of sp³-hybridized carbons (Fsp3) is 0.333. The van der Waals surface area contributed by atoms with Crippen LogP contribution in [0, 0.1) is 6.92 Å². The smallest absolute Gasteiger partial charge is 0.320 e. The fourth-order valence-electron chi connectivity index (χ4n) is 1.46. The minimum absolute atomic E-state index is 0.207. The van der Waals surface area contributed by atoms with E-state index in [0.29, 0.717) is 11.3 Å². The molecule has 0 aliphatic rings. The van der Waals surface area contributed by atoms with E-state index in [9.17, 15) is 9.59 Å². The van der Waals surface area contributed by atoms with Crippen LogP contribution >= 0.6 is 0 Å². The summed E-state index contributed by atoms with van der Waals surface area (Å²) in [5.41, 5.74) is 6.57. The highest BCUT2D eigenvalue weighted by Crippen LogP contribution is 2.19. The Hall–Kier alpha value is -1.88. The molecule has 1 unspecified atom stereocenters. The topological polar surface area (TPSA) is 89.6 Å². The molecule has 5 nitrogen and oxygen atoms in total. The monoisotopic (exact) mass is 237 g/mol.